The maximum absolute atomic E-state index is 12.3. The van der Waals surface area contributed by atoms with E-state index in [9.17, 15) is 4.79 Å². The van der Waals surface area contributed by atoms with Crippen LogP contribution in [0.3, 0.4) is 0 Å². The number of hydrogen-bond acceptors (Lipinski definition) is 4. The molecule has 156 valence electrons. The van der Waals surface area contributed by atoms with Gasteiger partial charge in [-0.25, -0.2) is 0 Å². The molecule has 0 spiro atoms. The highest BCUT2D eigenvalue weighted by Gasteiger charge is 2.09. The van der Waals surface area contributed by atoms with Crippen molar-refractivity contribution in [3.8, 4) is 17.2 Å². The topological polar surface area (TPSA) is 56.8 Å². The molecule has 3 rings (SSSR count). The zero-order chi connectivity index (χ0) is 21.3. The lowest BCUT2D eigenvalue weighted by Crippen LogP contribution is -2.20. The first-order valence-electron chi connectivity index (χ1n) is 9.61. The highest BCUT2D eigenvalue weighted by molar-refractivity contribution is 9.10. The molecule has 0 heterocycles. The standard InChI is InChI=1S/C24H24BrNO4/c1-17-13-19(25)14-18(2)24(17)30-16-23(27)26-20-7-6-10-22(15-20)29-12-11-28-21-8-4-3-5-9-21/h3-10,13-15H,11-12,16H2,1-2H3,(H,26,27). The van der Waals surface area contributed by atoms with Crippen molar-refractivity contribution in [3.05, 3.63) is 82.3 Å². The van der Waals surface area contributed by atoms with Gasteiger partial charge in [0.25, 0.3) is 5.91 Å². The van der Waals surface area contributed by atoms with E-state index in [0.717, 1.165) is 27.1 Å². The smallest absolute Gasteiger partial charge is 0.262 e. The average Bonchev–Trinajstić information content (AvgIpc) is 2.71. The van der Waals surface area contributed by atoms with Crippen molar-refractivity contribution in [3.63, 3.8) is 0 Å². The first kappa shape index (κ1) is 21.7. The van der Waals surface area contributed by atoms with E-state index in [4.69, 9.17) is 14.2 Å². The molecule has 0 aliphatic heterocycles. The predicted molar refractivity (Wildman–Crippen MR) is 122 cm³/mol. The zero-order valence-electron chi connectivity index (χ0n) is 17.0. The van der Waals surface area contributed by atoms with E-state index in [1.165, 1.54) is 0 Å². The molecule has 5 nitrogen and oxygen atoms in total. The van der Waals surface area contributed by atoms with Crippen LogP contribution in [-0.4, -0.2) is 25.7 Å². The molecule has 1 amide bonds. The Morgan fingerprint density at radius 2 is 1.47 bits per heavy atom. The molecule has 6 heteroatoms. The lowest BCUT2D eigenvalue weighted by Gasteiger charge is -2.13. The predicted octanol–water partition coefficient (Wildman–Crippen LogP) is 5.54. The summed E-state index contributed by atoms with van der Waals surface area (Å²) in [6, 6.07) is 20.7. The number of para-hydroxylation sites is 1. The molecule has 1 N–H and O–H groups in total. The molecule has 3 aromatic carbocycles. The van der Waals surface area contributed by atoms with Gasteiger partial charge in [0.1, 0.15) is 30.5 Å². The monoisotopic (exact) mass is 469 g/mol. The van der Waals surface area contributed by atoms with Gasteiger partial charge in [-0.1, -0.05) is 40.2 Å². The number of rotatable bonds is 9. The molecule has 0 aliphatic rings. The summed E-state index contributed by atoms with van der Waals surface area (Å²) in [5.41, 5.74) is 2.60. The summed E-state index contributed by atoms with van der Waals surface area (Å²) in [6.07, 6.45) is 0. The Morgan fingerprint density at radius 3 is 2.17 bits per heavy atom. The van der Waals surface area contributed by atoms with Gasteiger partial charge in [0.05, 0.1) is 0 Å². The summed E-state index contributed by atoms with van der Waals surface area (Å²) >= 11 is 3.46. The van der Waals surface area contributed by atoms with Crippen LogP contribution >= 0.6 is 15.9 Å². The van der Waals surface area contributed by atoms with Crippen LogP contribution in [0.2, 0.25) is 0 Å². The lowest BCUT2D eigenvalue weighted by molar-refractivity contribution is -0.118. The Balaban J connectivity index is 1.47. The van der Waals surface area contributed by atoms with Crippen molar-refractivity contribution in [2.45, 2.75) is 13.8 Å². The first-order chi connectivity index (χ1) is 14.5. The number of ether oxygens (including phenoxy) is 3. The third kappa shape index (κ3) is 6.52. The molecular weight excluding hydrogens is 446 g/mol. The Morgan fingerprint density at radius 1 is 0.833 bits per heavy atom. The number of amides is 1. The van der Waals surface area contributed by atoms with Crippen LogP contribution in [0.25, 0.3) is 0 Å². The zero-order valence-corrected chi connectivity index (χ0v) is 18.6. The van der Waals surface area contributed by atoms with E-state index >= 15 is 0 Å². The fourth-order valence-electron chi connectivity index (χ4n) is 2.96. The molecule has 0 radical (unpaired) electrons. The molecule has 3 aromatic rings. The van der Waals surface area contributed by atoms with Gasteiger partial charge in [-0.2, -0.15) is 0 Å². The van der Waals surface area contributed by atoms with Crippen LogP contribution in [0.15, 0.2) is 71.2 Å². The minimum Gasteiger partial charge on any atom is -0.490 e. The van der Waals surface area contributed by atoms with E-state index in [1.807, 2.05) is 68.4 Å². The Hall–Kier alpha value is -2.99. The summed E-state index contributed by atoms with van der Waals surface area (Å²) in [5.74, 6) is 1.95. The van der Waals surface area contributed by atoms with Gasteiger partial charge in [0.2, 0.25) is 0 Å². The number of nitrogens with one attached hydrogen (secondary N) is 1. The fourth-order valence-corrected chi connectivity index (χ4v) is 3.65. The average molecular weight is 470 g/mol. The van der Waals surface area contributed by atoms with Crippen LogP contribution in [0.4, 0.5) is 5.69 Å². The normalized spacial score (nSPS) is 10.4. The van der Waals surface area contributed by atoms with E-state index in [0.29, 0.717) is 24.7 Å². The van der Waals surface area contributed by atoms with Gasteiger partial charge in [-0.15, -0.1) is 0 Å². The van der Waals surface area contributed by atoms with Gasteiger partial charge in [-0.05, 0) is 61.4 Å². The molecule has 0 atom stereocenters. The molecule has 0 aliphatic carbocycles. The van der Waals surface area contributed by atoms with Crippen molar-refractivity contribution < 1.29 is 19.0 Å². The summed E-state index contributed by atoms with van der Waals surface area (Å²) < 4.78 is 18.0. The molecule has 0 bridgehead atoms. The van der Waals surface area contributed by atoms with Crippen LogP contribution < -0.4 is 19.5 Å². The highest BCUT2D eigenvalue weighted by atomic mass is 79.9. The van der Waals surface area contributed by atoms with Gasteiger partial charge < -0.3 is 19.5 Å². The van der Waals surface area contributed by atoms with E-state index in [-0.39, 0.29) is 12.5 Å². The van der Waals surface area contributed by atoms with Crippen molar-refractivity contribution >= 4 is 27.5 Å². The van der Waals surface area contributed by atoms with Gasteiger partial charge in [0, 0.05) is 16.2 Å². The van der Waals surface area contributed by atoms with E-state index < -0.39 is 0 Å². The molecule has 0 unspecified atom stereocenters. The van der Waals surface area contributed by atoms with Crippen molar-refractivity contribution in [2.24, 2.45) is 0 Å². The van der Waals surface area contributed by atoms with Crippen LogP contribution in [-0.2, 0) is 4.79 Å². The van der Waals surface area contributed by atoms with Crippen molar-refractivity contribution in [1.29, 1.82) is 0 Å². The van der Waals surface area contributed by atoms with Gasteiger partial charge >= 0.3 is 0 Å². The minimum absolute atomic E-state index is 0.0701. The van der Waals surface area contributed by atoms with Crippen LogP contribution in [0, 0.1) is 13.8 Å². The number of anilines is 1. The summed E-state index contributed by atoms with van der Waals surface area (Å²) in [7, 11) is 0. The number of halogens is 1. The maximum atomic E-state index is 12.3. The first-order valence-corrected chi connectivity index (χ1v) is 10.4. The number of aryl methyl sites for hydroxylation is 2. The number of hydrogen-bond donors (Lipinski definition) is 1. The molecule has 30 heavy (non-hydrogen) atoms. The summed E-state index contributed by atoms with van der Waals surface area (Å²) in [6.45, 7) is 4.66. The fraction of sp³-hybridized carbons (Fsp3) is 0.208. The molecular formula is C24H24BrNO4. The van der Waals surface area contributed by atoms with E-state index in [2.05, 4.69) is 21.2 Å². The third-order valence-corrected chi connectivity index (χ3v) is 4.71. The lowest BCUT2D eigenvalue weighted by atomic mass is 10.1. The number of carbonyl (C=O) groups is 1. The van der Waals surface area contributed by atoms with Gasteiger partial charge in [0.15, 0.2) is 6.61 Å². The highest BCUT2D eigenvalue weighted by Crippen LogP contribution is 2.27. The molecule has 0 saturated heterocycles. The quantitative estimate of drug-likeness (QED) is 0.417. The van der Waals surface area contributed by atoms with E-state index in [1.54, 1.807) is 12.1 Å². The molecule has 0 fully saturated rings. The van der Waals surface area contributed by atoms with Crippen molar-refractivity contribution in [1.82, 2.24) is 0 Å². The maximum Gasteiger partial charge on any atom is 0.262 e. The Bertz CT molecular complexity index is 969. The van der Waals surface area contributed by atoms with Crippen LogP contribution in [0.1, 0.15) is 11.1 Å². The summed E-state index contributed by atoms with van der Waals surface area (Å²) in [5, 5.41) is 2.83. The number of benzene rings is 3. The van der Waals surface area contributed by atoms with Crippen molar-refractivity contribution in [2.75, 3.05) is 25.1 Å². The van der Waals surface area contributed by atoms with Gasteiger partial charge in [-0.3, -0.25) is 4.79 Å². The Kier molecular flexibility index (Phi) is 7.74. The number of carbonyl (C=O) groups excluding carboxylic acids is 1. The second-order valence-electron chi connectivity index (χ2n) is 6.74. The molecule has 0 saturated carbocycles. The largest absolute Gasteiger partial charge is 0.490 e. The Labute approximate surface area is 185 Å². The third-order valence-electron chi connectivity index (χ3n) is 4.25. The second kappa shape index (κ2) is 10.7. The minimum atomic E-state index is -0.235. The second-order valence-corrected chi connectivity index (χ2v) is 7.66. The SMILES string of the molecule is Cc1cc(Br)cc(C)c1OCC(=O)Nc1cccc(OCCOc2ccccc2)c1. The molecule has 0 aromatic heterocycles. The van der Waals surface area contributed by atoms with Crippen LogP contribution in [0.5, 0.6) is 17.2 Å². The summed E-state index contributed by atoms with van der Waals surface area (Å²) in [4.78, 5) is 12.3.